The van der Waals surface area contributed by atoms with E-state index >= 15 is 0 Å². The van der Waals surface area contributed by atoms with Crippen LogP contribution in [-0.4, -0.2) is 41.3 Å². The van der Waals surface area contributed by atoms with Crippen molar-refractivity contribution in [1.29, 1.82) is 0 Å². The molecule has 8 heteroatoms. The van der Waals surface area contributed by atoms with E-state index in [2.05, 4.69) is 31.5 Å². The molecular weight excluding hydrogens is 415 g/mol. The zero-order chi connectivity index (χ0) is 19.2. The number of halogens is 2. The molecule has 2 aromatic rings. The van der Waals surface area contributed by atoms with E-state index in [-0.39, 0.29) is 30.0 Å². The molecule has 2 heterocycles. The number of carbonyl (C=O) groups is 2. The van der Waals surface area contributed by atoms with Crippen LogP contribution >= 0.6 is 15.9 Å². The number of pyridine rings is 1. The summed E-state index contributed by atoms with van der Waals surface area (Å²) >= 11 is 3.30. The Morgan fingerprint density at radius 1 is 1.22 bits per heavy atom. The minimum atomic E-state index is -0.469. The van der Waals surface area contributed by atoms with Gasteiger partial charge in [0.2, 0.25) is 11.8 Å². The van der Waals surface area contributed by atoms with Crippen molar-refractivity contribution in [2.75, 3.05) is 30.3 Å². The zero-order valence-electron chi connectivity index (χ0n) is 14.6. The van der Waals surface area contributed by atoms with Gasteiger partial charge >= 0.3 is 0 Å². The van der Waals surface area contributed by atoms with Crippen LogP contribution in [0.15, 0.2) is 47.1 Å². The highest BCUT2D eigenvalue weighted by Crippen LogP contribution is 2.19. The topological polar surface area (TPSA) is 74.3 Å². The number of amides is 2. The molecule has 27 heavy (non-hydrogen) atoms. The number of hydrogen-bond donors (Lipinski definition) is 2. The Kier molecular flexibility index (Phi) is 6.52. The van der Waals surface area contributed by atoms with Gasteiger partial charge in [0.05, 0.1) is 18.2 Å². The molecule has 1 atom stereocenters. The summed E-state index contributed by atoms with van der Waals surface area (Å²) in [5.41, 5.74) is 0.162. The first-order valence-corrected chi connectivity index (χ1v) is 9.50. The molecule has 2 N–H and O–H groups in total. The van der Waals surface area contributed by atoms with Crippen LogP contribution in [0.25, 0.3) is 0 Å². The number of anilines is 2. The van der Waals surface area contributed by atoms with Crippen molar-refractivity contribution in [3.63, 3.8) is 0 Å². The molecule has 1 aromatic carbocycles. The fourth-order valence-corrected chi connectivity index (χ4v) is 3.28. The molecule has 1 unspecified atom stereocenters. The number of likely N-dealkylation sites (tertiary alicyclic amines) is 1. The number of aromatic nitrogens is 1. The number of nitrogens with zero attached hydrogens (tertiary/aromatic N) is 2. The number of para-hydroxylation sites is 1. The SMILES string of the molecule is O=C(CN1CCCC(C(=O)Nc2ccc(Br)cn2)C1)Nc1ccccc1F. The van der Waals surface area contributed by atoms with Gasteiger partial charge in [0, 0.05) is 17.2 Å². The summed E-state index contributed by atoms with van der Waals surface area (Å²) in [5.74, 6) is -0.591. The molecule has 0 saturated carbocycles. The Labute approximate surface area is 165 Å². The van der Waals surface area contributed by atoms with E-state index in [1.165, 1.54) is 12.1 Å². The Bertz CT molecular complexity index is 816. The molecular formula is C19H20BrFN4O2. The molecule has 0 aliphatic carbocycles. The van der Waals surface area contributed by atoms with E-state index in [0.717, 1.165) is 23.9 Å². The maximum atomic E-state index is 13.6. The van der Waals surface area contributed by atoms with E-state index in [0.29, 0.717) is 12.4 Å². The fraction of sp³-hybridized carbons (Fsp3) is 0.316. The standard InChI is InChI=1S/C19H20BrFN4O2/c20-14-7-8-17(22-10-14)24-19(27)13-4-3-9-25(11-13)12-18(26)23-16-6-2-1-5-15(16)21/h1-2,5-8,10,13H,3-4,9,11-12H2,(H,23,26)(H,22,24,27). The van der Waals surface area contributed by atoms with E-state index in [4.69, 9.17) is 0 Å². The fourth-order valence-electron chi connectivity index (χ4n) is 3.05. The predicted molar refractivity (Wildman–Crippen MR) is 105 cm³/mol. The second kappa shape index (κ2) is 9.05. The van der Waals surface area contributed by atoms with Gasteiger partial charge in [0.1, 0.15) is 11.6 Å². The molecule has 1 aliphatic rings. The highest BCUT2D eigenvalue weighted by atomic mass is 79.9. The Morgan fingerprint density at radius 2 is 2.04 bits per heavy atom. The maximum Gasteiger partial charge on any atom is 0.238 e. The van der Waals surface area contributed by atoms with Crippen molar-refractivity contribution in [3.8, 4) is 0 Å². The molecule has 0 bridgehead atoms. The molecule has 1 saturated heterocycles. The third-order valence-corrected chi connectivity index (χ3v) is 4.84. The van der Waals surface area contributed by atoms with Gasteiger partial charge in [-0.25, -0.2) is 9.37 Å². The van der Waals surface area contributed by atoms with Gasteiger partial charge in [-0.1, -0.05) is 12.1 Å². The summed E-state index contributed by atoms with van der Waals surface area (Å²) in [7, 11) is 0. The second-order valence-corrected chi connectivity index (χ2v) is 7.37. The monoisotopic (exact) mass is 434 g/mol. The van der Waals surface area contributed by atoms with Crippen LogP contribution in [0.3, 0.4) is 0 Å². The lowest BCUT2D eigenvalue weighted by Gasteiger charge is -2.31. The first-order valence-electron chi connectivity index (χ1n) is 8.70. The van der Waals surface area contributed by atoms with Crippen LogP contribution in [0.4, 0.5) is 15.9 Å². The Hall–Kier alpha value is -2.32. The molecule has 1 aliphatic heterocycles. The second-order valence-electron chi connectivity index (χ2n) is 6.45. The number of rotatable bonds is 5. The van der Waals surface area contributed by atoms with Crippen LogP contribution < -0.4 is 10.6 Å². The molecule has 0 spiro atoms. The molecule has 6 nitrogen and oxygen atoms in total. The Morgan fingerprint density at radius 3 is 2.78 bits per heavy atom. The summed E-state index contributed by atoms with van der Waals surface area (Å²) < 4.78 is 14.5. The van der Waals surface area contributed by atoms with Crippen LogP contribution in [0.1, 0.15) is 12.8 Å². The van der Waals surface area contributed by atoms with Crippen molar-refractivity contribution < 1.29 is 14.0 Å². The van der Waals surface area contributed by atoms with E-state index < -0.39 is 5.82 Å². The highest BCUT2D eigenvalue weighted by molar-refractivity contribution is 9.10. The molecule has 1 aromatic heterocycles. The number of carbonyl (C=O) groups excluding carboxylic acids is 2. The quantitative estimate of drug-likeness (QED) is 0.756. The van der Waals surface area contributed by atoms with Crippen molar-refractivity contribution in [2.24, 2.45) is 5.92 Å². The summed E-state index contributed by atoms with van der Waals surface area (Å²) in [6.45, 7) is 1.33. The van der Waals surface area contributed by atoms with Crippen LogP contribution in [0, 0.1) is 11.7 Å². The number of piperidine rings is 1. The molecule has 0 radical (unpaired) electrons. The average Bonchev–Trinajstić information content (AvgIpc) is 2.65. The van der Waals surface area contributed by atoms with Gasteiger partial charge in [0.15, 0.2) is 0 Å². The molecule has 3 rings (SSSR count). The van der Waals surface area contributed by atoms with Crippen molar-refractivity contribution in [2.45, 2.75) is 12.8 Å². The van der Waals surface area contributed by atoms with Crippen molar-refractivity contribution in [3.05, 3.63) is 52.9 Å². The van der Waals surface area contributed by atoms with Crippen molar-refractivity contribution in [1.82, 2.24) is 9.88 Å². The van der Waals surface area contributed by atoms with Gasteiger partial charge in [0.25, 0.3) is 0 Å². The summed E-state index contributed by atoms with van der Waals surface area (Å²) in [6.07, 6.45) is 3.20. The number of hydrogen-bond acceptors (Lipinski definition) is 4. The normalized spacial score (nSPS) is 17.3. The smallest absolute Gasteiger partial charge is 0.238 e. The lowest BCUT2D eigenvalue weighted by Crippen LogP contribution is -2.44. The predicted octanol–water partition coefficient (Wildman–Crippen LogP) is 3.27. The lowest BCUT2D eigenvalue weighted by atomic mass is 9.97. The van der Waals surface area contributed by atoms with E-state index in [1.807, 2.05) is 11.0 Å². The molecule has 2 amide bonds. The first kappa shape index (κ1) is 19.4. The van der Waals surface area contributed by atoms with Gasteiger partial charge in [-0.2, -0.15) is 0 Å². The molecule has 142 valence electrons. The maximum absolute atomic E-state index is 13.6. The van der Waals surface area contributed by atoms with E-state index in [1.54, 1.807) is 24.4 Å². The van der Waals surface area contributed by atoms with Gasteiger partial charge in [-0.3, -0.25) is 14.5 Å². The minimum Gasteiger partial charge on any atom is -0.322 e. The van der Waals surface area contributed by atoms with E-state index in [9.17, 15) is 14.0 Å². The third kappa shape index (κ3) is 5.58. The summed E-state index contributed by atoms with van der Waals surface area (Å²) in [5, 5.41) is 5.39. The average molecular weight is 435 g/mol. The number of benzene rings is 1. The summed E-state index contributed by atoms with van der Waals surface area (Å²) in [4.78, 5) is 30.7. The largest absolute Gasteiger partial charge is 0.322 e. The van der Waals surface area contributed by atoms with Crippen molar-refractivity contribution >= 4 is 39.2 Å². The molecule has 1 fully saturated rings. The number of nitrogens with one attached hydrogen (secondary N) is 2. The summed E-state index contributed by atoms with van der Waals surface area (Å²) in [6, 6.07) is 9.58. The third-order valence-electron chi connectivity index (χ3n) is 4.37. The van der Waals surface area contributed by atoms with Gasteiger partial charge < -0.3 is 10.6 Å². The highest BCUT2D eigenvalue weighted by Gasteiger charge is 2.27. The minimum absolute atomic E-state index is 0.107. The van der Waals surface area contributed by atoms with Gasteiger partial charge in [-0.15, -0.1) is 0 Å². The first-order chi connectivity index (χ1) is 13.0. The Balaban J connectivity index is 1.52. The van der Waals surface area contributed by atoms with Crippen LogP contribution in [-0.2, 0) is 9.59 Å². The van der Waals surface area contributed by atoms with Crippen LogP contribution in [0.5, 0.6) is 0 Å². The lowest BCUT2D eigenvalue weighted by molar-refractivity contribution is -0.123. The van der Waals surface area contributed by atoms with Gasteiger partial charge in [-0.05, 0) is 59.6 Å². The zero-order valence-corrected chi connectivity index (χ0v) is 16.2. The van der Waals surface area contributed by atoms with Crippen LogP contribution in [0.2, 0.25) is 0 Å².